The van der Waals surface area contributed by atoms with Crippen molar-refractivity contribution in [1.29, 1.82) is 0 Å². The number of carbonyl (C=O) groups is 2. The van der Waals surface area contributed by atoms with Gasteiger partial charge in [0.1, 0.15) is 11.6 Å². The maximum atomic E-state index is 13.6. The average molecular weight is 300 g/mol. The van der Waals surface area contributed by atoms with Gasteiger partial charge < -0.3 is 15.3 Å². The van der Waals surface area contributed by atoms with Crippen LogP contribution in [-0.2, 0) is 4.79 Å². The molecule has 0 aliphatic rings. The average Bonchev–Trinajstić information content (AvgIpc) is 2.37. The van der Waals surface area contributed by atoms with E-state index in [0.29, 0.717) is 0 Å². The first-order valence-electron chi connectivity index (χ1n) is 6.42. The minimum atomic E-state index is -1.03. The lowest BCUT2D eigenvalue weighted by molar-refractivity contribution is -0.141. The SMILES string of the molecule is CC(CN(C)C(=O)NC(C)c1c(F)cccc1F)C(=O)O. The van der Waals surface area contributed by atoms with E-state index in [4.69, 9.17) is 5.11 Å². The number of urea groups is 1. The van der Waals surface area contributed by atoms with Gasteiger partial charge in [-0.2, -0.15) is 0 Å². The van der Waals surface area contributed by atoms with Crippen LogP contribution in [-0.4, -0.2) is 35.6 Å². The number of carbonyl (C=O) groups excluding carboxylic acids is 1. The molecule has 2 unspecified atom stereocenters. The molecule has 1 aromatic carbocycles. The highest BCUT2D eigenvalue weighted by Gasteiger charge is 2.21. The Morgan fingerprint density at radius 2 is 1.81 bits per heavy atom. The number of nitrogens with zero attached hydrogens (tertiary/aromatic N) is 1. The maximum Gasteiger partial charge on any atom is 0.317 e. The Morgan fingerprint density at radius 1 is 1.29 bits per heavy atom. The fourth-order valence-electron chi connectivity index (χ4n) is 1.86. The topological polar surface area (TPSA) is 69.6 Å². The van der Waals surface area contributed by atoms with Gasteiger partial charge in [0, 0.05) is 19.2 Å². The van der Waals surface area contributed by atoms with E-state index < -0.39 is 35.6 Å². The summed E-state index contributed by atoms with van der Waals surface area (Å²) >= 11 is 0. The van der Waals surface area contributed by atoms with Crippen molar-refractivity contribution in [2.75, 3.05) is 13.6 Å². The van der Waals surface area contributed by atoms with Crippen molar-refractivity contribution in [3.05, 3.63) is 35.4 Å². The molecule has 0 aliphatic heterocycles. The largest absolute Gasteiger partial charge is 0.481 e. The van der Waals surface area contributed by atoms with Gasteiger partial charge in [0.15, 0.2) is 0 Å². The number of hydrogen-bond donors (Lipinski definition) is 2. The molecule has 0 aliphatic carbocycles. The van der Waals surface area contributed by atoms with Crippen molar-refractivity contribution in [3.8, 4) is 0 Å². The van der Waals surface area contributed by atoms with Crippen molar-refractivity contribution in [2.24, 2.45) is 5.92 Å². The second kappa shape index (κ2) is 7.01. The van der Waals surface area contributed by atoms with Crippen LogP contribution in [0.25, 0.3) is 0 Å². The van der Waals surface area contributed by atoms with Gasteiger partial charge in [-0.1, -0.05) is 13.0 Å². The molecule has 0 radical (unpaired) electrons. The molecule has 0 bridgehead atoms. The molecule has 1 aromatic rings. The highest BCUT2D eigenvalue weighted by Crippen LogP contribution is 2.20. The Kier molecular flexibility index (Phi) is 5.63. The minimum absolute atomic E-state index is 0.00631. The number of carboxylic acid groups (broad SMARTS) is 1. The predicted octanol–water partition coefficient (Wildman–Crippen LogP) is 2.39. The quantitative estimate of drug-likeness (QED) is 0.877. The Bertz CT molecular complexity index is 517. The van der Waals surface area contributed by atoms with E-state index in [1.165, 1.54) is 27.0 Å². The molecule has 116 valence electrons. The van der Waals surface area contributed by atoms with Gasteiger partial charge in [0.2, 0.25) is 0 Å². The molecular formula is C14H18F2N2O3. The third-order valence-corrected chi connectivity index (χ3v) is 3.09. The first-order valence-corrected chi connectivity index (χ1v) is 6.42. The van der Waals surface area contributed by atoms with Crippen LogP contribution >= 0.6 is 0 Å². The van der Waals surface area contributed by atoms with E-state index in [-0.39, 0.29) is 12.1 Å². The van der Waals surface area contributed by atoms with Gasteiger partial charge in [0.25, 0.3) is 0 Å². The van der Waals surface area contributed by atoms with Gasteiger partial charge in [-0.05, 0) is 19.1 Å². The highest BCUT2D eigenvalue weighted by molar-refractivity contribution is 5.76. The Balaban J connectivity index is 2.72. The summed E-state index contributed by atoms with van der Waals surface area (Å²) in [6.07, 6.45) is 0. The lowest BCUT2D eigenvalue weighted by Crippen LogP contribution is -2.42. The van der Waals surface area contributed by atoms with Crippen LogP contribution in [0.1, 0.15) is 25.5 Å². The van der Waals surface area contributed by atoms with Crippen LogP contribution in [0.3, 0.4) is 0 Å². The van der Waals surface area contributed by atoms with Crippen LogP contribution in [0.5, 0.6) is 0 Å². The zero-order chi connectivity index (χ0) is 16.2. The van der Waals surface area contributed by atoms with E-state index >= 15 is 0 Å². The van der Waals surface area contributed by atoms with Crippen LogP contribution in [0.15, 0.2) is 18.2 Å². The second-order valence-electron chi connectivity index (χ2n) is 4.93. The molecule has 0 saturated carbocycles. The molecule has 0 aromatic heterocycles. The van der Waals surface area contributed by atoms with E-state index in [2.05, 4.69) is 5.32 Å². The summed E-state index contributed by atoms with van der Waals surface area (Å²) in [5, 5.41) is 11.2. The van der Waals surface area contributed by atoms with Crippen molar-refractivity contribution < 1.29 is 23.5 Å². The molecule has 5 nitrogen and oxygen atoms in total. The van der Waals surface area contributed by atoms with E-state index in [0.717, 1.165) is 17.0 Å². The maximum absolute atomic E-state index is 13.6. The van der Waals surface area contributed by atoms with Crippen LogP contribution in [0.4, 0.5) is 13.6 Å². The van der Waals surface area contributed by atoms with Crippen LogP contribution in [0.2, 0.25) is 0 Å². The summed E-state index contributed by atoms with van der Waals surface area (Å²) in [7, 11) is 1.42. The zero-order valence-electron chi connectivity index (χ0n) is 12.1. The Hall–Kier alpha value is -2.18. The van der Waals surface area contributed by atoms with E-state index in [1.807, 2.05) is 0 Å². The number of hydrogen-bond acceptors (Lipinski definition) is 2. The number of halogens is 2. The predicted molar refractivity (Wildman–Crippen MR) is 72.7 cm³/mol. The van der Waals surface area contributed by atoms with E-state index in [1.54, 1.807) is 0 Å². The molecule has 0 saturated heterocycles. The number of carboxylic acids is 1. The number of benzene rings is 1. The van der Waals surface area contributed by atoms with Crippen molar-refractivity contribution in [1.82, 2.24) is 10.2 Å². The van der Waals surface area contributed by atoms with Crippen molar-refractivity contribution in [3.63, 3.8) is 0 Å². The lowest BCUT2D eigenvalue weighted by Gasteiger charge is -2.23. The smallest absolute Gasteiger partial charge is 0.317 e. The van der Waals surface area contributed by atoms with Gasteiger partial charge in [-0.3, -0.25) is 4.79 Å². The molecule has 0 spiro atoms. The fraction of sp³-hybridized carbons (Fsp3) is 0.429. The molecule has 2 N–H and O–H groups in total. The third kappa shape index (κ3) is 4.40. The van der Waals surface area contributed by atoms with Gasteiger partial charge in [-0.15, -0.1) is 0 Å². The summed E-state index contributed by atoms with van der Waals surface area (Å²) < 4.78 is 27.2. The van der Waals surface area contributed by atoms with Crippen molar-refractivity contribution in [2.45, 2.75) is 19.9 Å². The molecule has 7 heteroatoms. The Morgan fingerprint density at radius 3 is 2.29 bits per heavy atom. The number of aliphatic carboxylic acids is 1. The number of amides is 2. The van der Waals surface area contributed by atoms with E-state index in [9.17, 15) is 18.4 Å². The highest BCUT2D eigenvalue weighted by atomic mass is 19.1. The zero-order valence-corrected chi connectivity index (χ0v) is 12.1. The molecular weight excluding hydrogens is 282 g/mol. The van der Waals surface area contributed by atoms with Crippen LogP contribution in [0, 0.1) is 17.6 Å². The summed E-state index contributed by atoms with van der Waals surface area (Å²) in [6, 6.07) is 1.98. The Labute approximate surface area is 121 Å². The molecule has 1 rings (SSSR count). The first kappa shape index (κ1) is 16.9. The normalized spacial score (nSPS) is 13.4. The summed E-state index contributed by atoms with van der Waals surface area (Å²) in [4.78, 5) is 23.8. The number of rotatable bonds is 5. The minimum Gasteiger partial charge on any atom is -0.481 e. The molecule has 0 heterocycles. The molecule has 21 heavy (non-hydrogen) atoms. The van der Waals surface area contributed by atoms with Gasteiger partial charge in [0.05, 0.1) is 12.0 Å². The van der Waals surface area contributed by atoms with Crippen molar-refractivity contribution >= 4 is 12.0 Å². The van der Waals surface area contributed by atoms with Crippen LogP contribution < -0.4 is 5.32 Å². The summed E-state index contributed by atoms with van der Waals surface area (Å²) in [5.41, 5.74) is -0.231. The monoisotopic (exact) mass is 300 g/mol. The summed E-state index contributed by atoms with van der Waals surface area (Å²) in [6.45, 7) is 2.91. The number of nitrogens with one attached hydrogen (secondary N) is 1. The second-order valence-corrected chi connectivity index (χ2v) is 4.93. The third-order valence-electron chi connectivity index (χ3n) is 3.09. The molecule has 2 atom stereocenters. The summed E-state index contributed by atoms with van der Waals surface area (Å²) in [5.74, 6) is -3.25. The molecule has 0 fully saturated rings. The van der Waals surface area contributed by atoms with Gasteiger partial charge in [-0.25, -0.2) is 13.6 Å². The fourth-order valence-corrected chi connectivity index (χ4v) is 1.86. The molecule has 2 amide bonds. The van der Waals surface area contributed by atoms with Gasteiger partial charge >= 0.3 is 12.0 Å². The lowest BCUT2D eigenvalue weighted by atomic mass is 10.1. The first-order chi connectivity index (χ1) is 9.73. The standard InChI is InChI=1S/C14H18F2N2O3/c1-8(13(19)20)7-18(3)14(21)17-9(2)12-10(15)5-4-6-11(12)16/h4-6,8-9H,7H2,1-3H3,(H,17,21)(H,19,20).